The quantitative estimate of drug-likeness (QED) is 0.714. The average Bonchev–Trinajstić information content (AvgIpc) is 2.62. The molecule has 0 bridgehead atoms. The second-order valence-corrected chi connectivity index (χ2v) is 6.37. The summed E-state index contributed by atoms with van der Waals surface area (Å²) in [5, 5.41) is 0.670. The van der Waals surface area contributed by atoms with Crippen molar-refractivity contribution < 1.29 is 14.3 Å². The first kappa shape index (κ1) is 19.2. The summed E-state index contributed by atoms with van der Waals surface area (Å²) >= 11 is 11.9. The molecule has 2 rings (SSSR count). The van der Waals surface area contributed by atoms with Crippen molar-refractivity contribution in [3.05, 3.63) is 63.9 Å². The highest BCUT2D eigenvalue weighted by molar-refractivity contribution is 6.42. The van der Waals surface area contributed by atoms with Crippen LogP contribution in [0.15, 0.2) is 42.6 Å². The van der Waals surface area contributed by atoms with Gasteiger partial charge in [0.2, 0.25) is 0 Å². The number of aromatic nitrogens is 1. The number of esters is 1. The molecule has 0 fully saturated rings. The number of benzene rings is 1. The summed E-state index contributed by atoms with van der Waals surface area (Å²) in [6, 6.07) is 10.1. The Bertz CT molecular complexity index is 753. The summed E-state index contributed by atoms with van der Waals surface area (Å²) in [5.74, 6) is -1.12. The Balaban J connectivity index is 2.27. The SMILES string of the molecule is COC(=O)C(C)CN(Cc1ccccn1)C(=O)c1ccc(Cl)c(Cl)c1. The zero-order valence-corrected chi connectivity index (χ0v) is 15.4. The van der Waals surface area contributed by atoms with Crippen LogP contribution in [0.1, 0.15) is 23.0 Å². The number of pyridine rings is 1. The molecular formula is C18H18Cl2N2O3. The lowest BCUT2D eigenvalue weighted by molar-refractivity contribution is -0.145. The number of rotatable bonds is 6. The molecule has 1 aromatic heterocycles. The zero-order valence-electron chi connectivity index (χ0n) is 13.9. The smallest absolute Gasteiger partial charge is 0.310 e. The maximum absolute atomic E-state index is 12.9. The molecule has 0 aliphatic carbocycles. The zero-order chi connectivity index (χ0) is 18.4. The molecule has 0 saturated carbocycles. The van der Waals surface area contributed by atoms with Crippen LogP contribution in [-0.4, -0.2) is 35.4 Å². The fourth-order valence-corrected chi connectivity index (χ4v) is 2.62. The number of nitrogens with zero attached hydrogens (tertiary/aromatic N) is 2. The van der Waals surface area contributed by atoms with Crippen LogP contribution >= 0.6 is 23.2 Å². The van der Waals surface area contributed by atoms with E-state index in [-0.39, 0.29) is 25.0 Å². The third kappa shape index (κ3) is 5.18. The molecule has 5 nitrogen and oxygen atoms in total. The molecule has 7 heteroatoms. The highest BCUT2D eigenvalue weighted by Gasteiger charge is 2.23. The fraction of sp³-hybridized carbons (Fsp3) is 0.278. The second kappa shape index (κ2) is 8.83. The largest absolute Gasteiger partial charge is 0.469 e. The van der Waals surface area contributed by atoms with Crippen molar-refractivity contribution in [3.8, 4) is 0 Å². The standard InChI is InChI=1S/C18H18Cl2N2O3/c1-12(18(24)25-2)10-22(11-14-5-3-4-8-21-14)17(23)13-6-7-15(19)16(20)9-13/h3-9,12H,10-11H2,1-2H3. The molecule has 0 saturated heterocycles. The molecule has 25 heavy (non-hydrogen) atoms. The van der Waals surface area contributed by atoms with E-state index in [0.717, 1.165) is 0 Å². The van der Waals surface area contributed by atoms with Crippen LogP contribution in [0, 0.1) is 5.92 Å². The first-order chi connectivity index (χ1) is 11.9. The maximum Gasteiger partial charge on any atom is 0.310 e. The molecule has 1 amide bonds. The molecule has 0 radical (unpaired) electrons. The van der Waals surface area contributed by atoms with Crippen LogP contribution < -0.4 is 0 Å². The molecule has 0 aliphatic heterocycles. The number of carbonyl (C=O) groups is 2. The lowest BCUT2D eigenvalue weighted by Crippen LogP contribution is -2.37. The third-order valence-corrected chi connectivity index (χ3v) is 4.37. The van der Waals surface area contributed by atoms with Crippen molar-refractivity contribution in [1.29, 1.82) is 0 Å². The van der Waals surface area contributed by atoms with Crippen molar-refractivity contribution in [2.75, 3.05) is 13.7 Å². The van der Waals surface area contributed by atoms with E-state index in [1.807, 2.05) is 12.1 Å². The lowest BCUT2D eigenvalue weighted by Gasteiger charge is -2.25. The molecule has 1 unspecified atom stereocenters. The monoisotopic (exact) mass is 380 g/mol. The van der Waals surface area contributed by atoms with Gasteiger partial charge in [-0.05, 0) is 30.3 Å². The summed E-state index contributed by atoms with van der Waals surface area (Å²) in [6.45, 7) is 2.17. The van der Waals surface area contributed by atoms with Crippen LogP contribution in [0.5, 0.6) is 0 Å². The summed E-state index contributed by atoms with van der Waals surface area (Å²) in [7, 11) is 1.32. The van der Waals surface area contributed by atoms with E-state index in [1.54, 1.807) is 36.2 Å². The van der Waals surface area contributed by atoms with Crippen molar-refractivity contribution in [3.63, 3.8) is 0 Å². The molecule has 1 atom stereocenters. The Morgan fingerprint density at radius 2 is 1.96 bits per heavy atom. The van der Waals surface area contributed by atoms with Crippen molar-refractivity contribution in [1.82, 2.24) is 9.88 Å². The first-order valence-electron chi connectivity index (χ1n) is 7.64. The van der Waals surface area contributed by atoms with Gasteiger partial charge in [0.05, 0.1) is 35.3 Å². The van der Waals surface area contributed by atoms with Gasteiger partial charge < -0.3 is 9.64 Å². The van der Waals surface area contributed by atoms with E-state index < -0.39 is 5.92 Å². The van der Waals surface area contributed by atoms with Crippen LogP contribution in [0.25, 0.3) is 0 Å². The van der Waals surface area contributed by atoms with E-state index in [1.165, 1.54) is 13.2 Å². The molecule has 2 aromatic rings. The predicted octanol–water partition coefficient (Wildman–Crippen LogP) is 3.84. The van der Waals surface area contributed by atoms with E-state index in [9.17, 15) is 9.59 Å². The first-order valence-corrected chi connectivity index (χ1v) is 8.40. The van der Waals surface area contributed by atoms with Crippen LogP contribution in [0.3, 0.4) is 0 Å². The molecule has 1 aromatic carbocycles. The number of ether oxygens (including phenoxy) is 1. The van der Waals surface area contributed by atoms with Gasteiger partial charge >= 0.3 is 5.97 Å². The Hall–Kier alpha value is -2.11. The predicted molar refractivity (Wildman–Crippen MR) is 96.6 cm³/mol. The number of halogens is 2. The van der Waals surface area contributed by atoms with Gasteiger partial charge in [-0.2, -0.15) is 0 Å². The lowest BCUT2D eigenvalue weighted by atomic mass is 10.1. The molecule has 132 valence electrons. The van der Waals surface area contributed by atoms with Gasteiger partial charge in [0.25, 0.3) is 5.91 Å². The topological polar surface area (TPSA) is 59.5 Å². The van der Waals surface area contributed by atoms with Gasteiger partial charge in [-0.25, -0.2) is 0 Å². The molecule has 0 N–H and O–H groups in total. The van der Waals surface area contributed by atoms with E-state index >= 15 is 0 Å². The normalized spacial score (nSPS) is 11.7. The Kier molecular flexibility index (Phi) is 6.79. The van der Waals surface area contributed by atoms with Gasteiger partial charge in [-0.3, -0.25) is 14.6 Å². The van der Waals surface area contributed by atoms with Crippen molar-refractivity contribution in [2.24, 2.45) is 5.92 Å². The van der Waals surface area contributed by atoms with E-state index in [0.29, 0.717) is 21.3 Å². The Morgan fingerprint density at radius 3 is 2.56 bits per heavy atom. The molecule has 0 spiro atoms. The minimum atomic E-state index is -0.472. The van der Waals surface area contributed by atoms with Crippen LogP contribution in [0.2, 0.25) is 10.0 Å². The summed E-state index contributed by atoms with van der Waals surface area (Å²) in [5.41, 5.74) is 1.11. The molecular weight excluding hydrogens is 363 g/mol. The summed E-state index contributed by atoms with van der Waals surface area (Å²) in [6.07, 6.45) is 1.65. The molecule has 0 aliphatic rings. The van der Waals surface area contributed by atoms with Crippen molar-refractivity contribution in [2.45, 2.75) is 13.5 Å². The third-order valence-electron chi connectivity index (χ3n) is 3.63. The van der Waals surface area contributed by atoms with Crippen molar-refractivity contribution >= 4 is 35.1 Å². The van der Waals surface area contributed by atoms with E-state index in [4.69, 9.17) is 27.9 Å². The number of carbonyl (C=O) groups excluding carboxylic acids is 2. The highest BCUT2D eigenvalue weighted by atomic mass is 35.5. The Labute approximate surface area is 156 Å². The summed E-state index contributed by atoms with van der Waals surface area (Å²) < 4.78 is 4.75. The number of amides is 1. The fourth-order valence-electron chi connectivity index (χ4n) is 2.32. The highest BCUT2D eigenvalue weighted by Crippen LogP contribution is 2.24. The minimum absolute atomic E-state index is 0.197. The van der Waals surface area contributed by atoms with Gasteiger partial charge in [0.1, 0.15) is 0 Å². The second-order valence-electron chi connectivity index (χ2n) is 5.56. The number of hydrogen-bond acceptors (Lipinski definition) is 4. The summed E-state index contributed by atoms with van der Waals surface area (Å²) in [4.78, 5) is 30.4. The van der Waals surface area contributed by atoms with Gasteiger partial charge in [0, 0.05) is 18.3 Å². The maximum atomic E-state index is 12.9. The Morgan fingerprint density at radius 1 is 1.20 bits per heavy atom. The van der Waals surface area contributed by atoms with Gasteiger partial charge in [-0.15, -0.1) is 0 Å². The number of hydrogen-bond donors (Lipinski definition) is 0. The van der Waals surface area contributed by atoms with Crippen LogP contribution in [0.4, 0.5) is 0 Å². The average molecular weight is 381 g/mol. The van der Waals surface area contributed by atoms with Crippen LogP contribution in [-0.2, 0) is 16.1 Å². The minimum Gasteiger partial charge on any atom is -0.469 e. The van der Waals surface area contributed by atoms with E-state index in [2.05, 4.69) is 4.98 Å². The molecule has 1 heterocycles. The van der Waals surface area contributed by atoms with Gasteiger partial charge in [0.15, 0.2) is 0 Å². The number of methoxy groups -OCH3 is 1. The van der Waals surface area contributed by atoms with Gasteiger partial charge in [-0.1, -0.05) is 36.2 Å².